The van der Waals surface area contributed by atoms with Crippen LogP contribution in [-0.4, -0.2) is 47.7 Å². The molecular formula is C25H26N2O7S. The molecule has 9 nitrogen and oxygen atoms in total. The number of ether oxygens (including phenoxy) is 3. The van der Waals surface area contributed by atoms with Crippen molar-refractivity contribution in [3.63, 3.8) is 0 Å². The molecule has 0 fully saturated rings. The summed E-state index contributed by atoms with van der Waals surface area (Å²) in [7, 11) is -1.19. The fraction of sp³-hybridized carbons (Fsp3) is 0.200. The number of amides is 1. The number of nitrogens with zero attached hydrogens (tertiary/aromatic N) is 1. The van der Waals surface area contributed by atoms with E-state index in [4.69, 9.17) is 14.2 Å². The molecule has 0 saturated carbocycles. The fourth-order valence-electron chi connectivity index (χ4n) is 3.25. The minimum absolute atomic E-state index is 0.0291. The van der Waals surface area contributed by atoms with Gasteiger partial charge in [-0.25, -0.2) is 13.2 Å². The third-order valence-corrected chi connectivity index (χ3v) is 6.74. The molecule has 0 aliphatic rings. The molecule has 0 radical (unpaired) electrons. The van der Waals surface area contributed by atoms with E-state index in [1.807, 2.05) is 0 Å². The number of carbonyl (C=O) groups excluding carboxylic acids is 2. The number of rotatable bonds is 10. The third kappa shape index (κ3) is 6.10. The van der Waals surface area contributed by atoms with Crippen LogP contribution in [0.2, 0.25) is 0 Å². The van der Waals surface area contributed by atoms with Gasteiger partial charge in [-0.2, -0.15) is 0 Å². The van der Waals surface area contributed by atoms with Gasteiger partial charge in [0.15, 0.2) is 11.5 Å². The van der Waals surface area contributed by atoms with Crippen molar-refractivity contribution in [2.45, 2.75) is 11.8 Å². The number of anilines is 2. The monoisotopic (exact) mass is 498 g/mol. The molecule has 0 spiro atoms. The predicted molar refractivity (Wildman–Crippen MR) is 132 cm³/mol. The molecule has 3 aromatic rings. The number of sulfonamides is 1. The number of methoxy groups -OCH3 is 2. The maximum absolute atomic E-state index is 13.5. The molecule has 0 aliphatic carbocycles. The molecule has 3 rings (SSSR count). The van der Waals surface area contributed by atoms with E-state index >= 15 is 0 Å². The Labute approximate surface area is 204 Å². The lowest BCUT2D eigenvalue weighted by Crippen LogP contribution is -2.38. The Bertz CT molecular complexity index is 1280. The van der Waals surface area contributed by atoms with Crippen molar-refractivity contribution in [3.8, 4) is 11.5 Å². The summed E-state index contributed by atoms with van der Waals surface area (Å²) in [6.07, 6.45) is 0. The van der Waals surface area contributed by atoms with Crippen molar-refractivity contribution in [2.24, 2.45) is 0 Å². The summed E-state index contributed by atoms with van der Waals surface area (Å²) in [5.41, 5.74) is 0.954. The number of hydrogen-bond acceptors (Lipinski definition) is 7. The van der Waals surface area contributed by atoms with Crippen LogP contribution >= 0.6 is 0 Å². The largest absolute Gasteiger partial charge is 0.493 e. The van der Waals surface area contributed by atoms with Gasteiger partial charge in [0.2, 0.25) is 5.91 Å². The van der Waals surface area contributed by atoms with Gasteiger partial charge in [-0.3, -0.25) is 9.10 Å². The summed E-state index contributed by atoms with van der Waals surface area (Å²) < 4.78 is 43.4. The highest BCUT2D eigenvalue weighted by Gasteiger charge is 2.28. The first-order valence-electron chi connectivity index (χ1n) is 10.7. The van der Waals surface area contributed by atoms with Gasteiger partial charge in [-0.1, -0.05) is 18.2 Å². The Morgan fingerprint density at radius 1 is 0.886 bits per heavy atom. The Morgan fingerprint density at radius 2 is 1.54 bits per heavy atom. The number of esters is 1. The molecule has 0 aliphatic heterocycles. The molecular weight excluding hydrogens is 472 g/mol. The van der Waals surface area contributed by atoms with E-state index in [0.29, 0.717) is 22.7 Å². The van der Waals surface area contributed by atoms with Gasteiger partial charge in [0.1, 0.15) is 6.54 Å². The van der Waals surface area contributed by atoms with Crippen LogP contribution in [0, 0.1) is 0 Å². The maximum atomic E-state index is 13.5. The second-order valence-corrected chi connectivity index (χ2v) is 9.07. The average molecular weight is 499 g/mol. The van der Waals surface area contributed by atoms with E-state index in [9.17, 15) is 18.0 Å². The van der Waals surface area contributed by atoms with Crippen LogP contribution in [0.15, 0.2) is 77.7 Å². The lowest BCUT2D eigenvalue weighted by Gasteiger charge is -2.25. The second kappa shape index (κ2) is 11.4. The van der Waals surface area contributed by atoms with Gasteiger partial charge < -0.3 is 19.5 Å². The van der Waals surface area contributed by atoms with Gasteiger partial charge >= 0.3 is 5.97 Å². The molecule has 3 aromatic carbocycles. The van der Waals surface area contributed by atoms with Gasteiger partial charge in [-0.05, 0) is 55.5 Å². The van der Waals surface area contributed by atoms with Crippen LogP contribution in [0.4, 0.5) is 11.4 Å². The lowest BCUT2D eigenvalue weighted by molar-refractivity contribution is -0.114. The molecule has 0 atom stereocenters. The summed E-state index contributed by atoms with van der Waals surface area (Å²) in [6.45, 7) is 1.45. The SMILES string of the molecule is CCOC(=O)c1ccc(NC(=O)CN(c2ccc(OC)c(OC)c2)S(=O)(=O)c2ccccc2)cc1. The molecule has 0 unspecified atom stereocenters. The topological polar surface area (TPSA) is 111 Å². The van der Waals surface area contributed by atoms with Crippen LogP contribution in [0.1, 0.15) is 17.3 Å². The summed E-state index contributed by atoms with van der Waals surface area (Å²) in [6, 6.07) is 18.5. The van der Waals surface area contributed by atoms with Crippen molar-refractivity contribution in [2.75, 3.05) is 37.0 Å². The normalized spacial score (nSPS) is 10.8. The first kappa shape index (κ1) is 25.6. The van der Waals surface area contributed by atoms with Crippen molar-refractivity contribution in [1.82, 2.24) is 0 Å². The summed E-state index contributed by atoms with van der Waals surface area (Å²) in [5, 5.41) is 2.66. The summed E-state index contributed by atoms with van der Waals surface area (Å²) >= 11 is 0. The highest BCUT2D eigenvalue weighted by Crippen LogP contribution is 2.33. The fourth-order valence-corrected chi connectivity index (χ4v) is 4.68. The van der Waals surface area contributed by atoms with Crippen LogP contribution in [0.25, 0.3) is 0 Å². The van der Waals surface area contributed by atoms with Crippen LogP contribution in [0.3, 0.4) is 0 Å². The van der Waals surface area contributed by atoms with Crippen molar-refractivity contribution < 1.29 is 32.2 Å². The van der Waals surface area contributed by atoms with Crippen molar-refractivity contribution in [1.29, 1.82) is 0 Å². The Hall–Kier alpha value is -4.05. The minimum atomic E-state index is -4.10. The Balaban J connectivity index is 1.90. The predicted octanol–water partition coefficient (Wildman–Crippen LogP) is 3.71. The van der Waals surface area contributed by atoms with Crippen LogP contribution in [-0.2, 0) is 19.6 Å². The van der Waals surface area contributed by atoms with Gasteiger partial charge in [0, 0.05) is 11.8 Å². The molecule has 10 heteroatoms. The van der Waals surface area contributed by atoms with E-state index in [1.54, 1.807) is 31.2 Å². The molecule has 0 aromatic heterocycles. The molecule has 1 amide bonds. The number of nitrogens with one attached hydrogen (secondary N) is 1. The van der Waals surface area contributed by atoms with E-state index in [1.165, 1.54) is 62.8 Å². The number of carbonyl (C=O) groups is 2. The van der Waals surface area contributed by atoms with Crippen molar-refractivity contribution in [3.05, 3.63) is 78.4 Å². The molecule has 35 heavy (non-hydrogen) atoms. The quantitative estimate of drug-likeness (QED) is 0.424. The van der Waals surface area contributed by atoms with Crippen LogP contribution in [0.5, 0.6) is 11.5 Å². The Kier molecular flexibility index (Phi) is 8.32. The smallest absolute Gasteiger partial charge is 0.338 e. The van der Waals surface area contributed by atoms with Gasteiger partial charge in [-0.15, -0.1) is 0 Å². The Morgan fingerprint density at radius 3 is 2.14 bits per heavy atom. The second-order valence-electron chi connectivity index (χ2n) is 7.21. The average Bonchev–Trinajstić information content (AvgIpc) is 2.88. The van der Waals surface area contributed by atoms with Gasteiger partial charge in [0.25, 0.3) is 10.0 Å². The number of hydrogen-bond donors (Lipinski definition) is 1. The number of benzene rings is 3. The summed E-state index contributed by atoms with van der Waals surface area (Å²) in [4.78, 5) is 24.8. The van der Waals surface area contributed by atoms with Crippen molar-refractivity contribution >= 4 is 33.3 Å². The zero-order chi connectivity index (χ0) is 25.4. The zero-order valence-electron chi connectivity index (χ0n) is 19.6. The molecule has 0 bridgehead atoms. The van der Waals surface area contributed by atoms with Gasteiger partial charge in [0.05, 0.1) is 37.0 Å². The van der Waals surface area contributed by atoms with E-state index in [0.717, 1.165) is 4.31 Å². The summed E-state index contributed by atoms with van der Waals surface area (Å²) in [5.74, 6) is -0.324. The first-order valence-corrected chi connectivity index (χ1v) is 12.1. The van der Waals surface area contributed by atoms with E-state index < -0.39 is 28.4 Å². The zero-order valence-corrected chi connectivity index (χ0v) is 20.4. The standard InChI is InChI=1S/C25H26N2O7S/c1-4-34-25(29)18-10-12-19(13-11-18)26-24(28)17-27(35(30,31)21-8-6-5-7-9-21)20-14-15-22(32-2)23(16-20)33-3/h5-16H,4,17H2,1-3H3,(H,26,28). The molecule has 1 N–H and O–H groups in total. The molecule has 184 valence electrons. The third-order valence-electron chi connectivity index (χ3n) is 4.95. The highest BCUT2D eigenvalue weighted by atomic mass is 32.2. The first-order chi connectivity index (χ1) is 16.8. The van der Waals surface area contributed by atoms with E-state index in [-0.39, 0.29) is 17.2 Å². The maximum Gasteiger partial charge on any atom is 0.338 e. The van der Waals surface area contributed by atoms with Crippen LogP contribution < -0.4 is 19.1 Å². The lowest BCUT2D eigenvalue weighted by atomic mass is 10.2. The highest BCUT2D eigenvalue weighted by molar-refractivity contribution is 7.92. The minimum Gasteiger partial charge on any atom is -0.493 e. The van der Waals surface area contributed by atoms with E-state index in [2.05, 4.69) is 5.32 Å². The molecule has 0 saturated heterocycles. The molecule has 0 heterocycles.